The zero-order valence-electron chi connectivity index (χ0n) is 14.7. The lowest BCUT2D eigenvalue weighted by atomic mass is 10.1. The van der Waals surface area contributed by atoms with E-state index in [1.54, 1.807) is 13.2 Å². The molecule has 0 radical (unpaired) electrons. The molecule has 0 spiro atoms. The van der Waals surface area contributed by atoms with Crippen LogP contribution in [0.25, 0.3) is 0 Å². The number of ketones is 1. The highest BCUT2D eigenvalue weighted by molar-refractivity contribution is 6.04. The summed E-state index contributed by atoms with van der Waals surface area (Å²) < 4.78 is 11.9. The number of aryl methyl sites for hydroxylation is 1. The number of nitrogens with zero attached hydrogens (tertiary/aromatic N) is 2. The summed E-state index contributed by atoms with van der Waals surface area (Å²) in [4.78, 5) is 47.9. The van der Waals surface area contributed by atoms with E-state index in [2.05, 4.69) is 0 Å². The Morgan fingerprint density at radius 1 is 1.16 bits per heavy atom. The summed E-state index contributed by atoms with van der Waals surface area (Å²) >= 11 is 0. The van der Waals surface area contributed by atoms with E-state index in [9.17, 15) is 19.2 Å². The van der Waals surface area contributed by atoms with Gasteiger partial charge in [0, 0.05) is 43.4 Å². The van der Waals surface area contributed by atoms with Gasteiger partial charge in [-0.2, -0.15) is 0 Å². The minimum atomic E-state index is -0.773. The fourth-order valence-corrected chi connectivity index (χ4v) is 2.81. The molecule has 0 atom stereocenters. The van der Waals surface area contributed by atoms with Gasteiger partial charge in [0.15, 0.2) is 6.61 Å². The molecular formula is C17H22N2O6. The zero-order valence-corrected chi connectivity index (χ0v) is 14.7. The Kier molecular flexibility index (Phi) is 6.08. The van der Waals surface area contributed by atoms with Gasteiger partial charge in [0.2, 0.25) is 17.6 Å². The maximum absolute atomic E-state index is 12.3. The van der Waals surface area contributed by atoms with Crippen molar-refractivity contribution in [3.05, 3.63) is 23.0 Å². The van der Waals surface area contributed by atoms with E-state index in [0.717, 1.165) is 16.3 Å². The molecule has 1 aliphatic heterocycles. The molecule has 1 aromatic rings. The Morgan fingerprint density at radius 2 is 1.80 bits per heavy atom. The standard InChI is InChI=1S/C17H22N2O6/c1-11-8-13(12(2)18(11)6-7-24-3)14(20)10-25-17(23)9-19-15(21)4-5-16(19)22/h8H,4-7,9-10H2,1-3H3. The number of methoxy groups -OCH3 is 1. The van der Waals surface area contributed by atoms with E-state index >= 15 is 0 Å². The fourth-order valence-electron chi connectivity index (χ4n) is 2.81. The van der Waals surface area contributed by atoms with Crippen LogP contribution in [-0.2, 0) is 30.4 Å². The molecule has 0 aliphatic carbocycles. The Hall–Kier alpha value is -2.48. The fraction of sp³-hybridized carbons (Fsp3) is 0.529. The molecule has 1 aliphatic rings. The number of amides is 2. The van der Waals surface area contributed by atoms with Crippen LogP contribution in [0.3, 0.4) is 0 Å². The van der Waals surface area contributed by atoms with Crippen LogP contribution < -0.4 is 0 Å². The summed E-state index contributed by atoms with van der Waals surface area (Å²) in [6.45, 7) is 3.98. The highest BCUT2D eigenvalue weighted by Crippen LogP contribution is 2.16. The molecule has 8 heteroatoms. The number of hydrogen-bond donors (Lipinski definition) is 0. The van der Waals surface area contributed by atoms with Crippen LogP contribution >= 0.6 is 0 Å². The van der Waals surface area contributed by atoms with Gasteiger partial charge in [0.25, 0.3) is 0 Å². The average Bonchev–Trinajstić information content (AvgIpc) is 3.04. The van der Waals surface area contributed by atoms with Crippen LogP contribution in [0, 0.1) is 13.8 Å². The van der Waals surface area contributed by atoms with Gasteiger partial charge in [-0.25, -0.2) is 0 Å². The van der Waals surface area contributed by atoms with Gasteiger partial charge in [0.1, 0.15) is 6.54 Å². The molecule has 0 aromatic carbocycles. The van der Waals surface area contributed by atoms with Gasteiger partial charge >= 0.3 is 5.97 Å². The van der Waals surface area contributed by atoms with Crippen molar-refractivity contribution in [1.29, 1.82) is 0 Å². The van der Waals surface area contributed by atoms with Crippen molar-refractivity contribution < 1.29 is 28.7 Å². The van der Waals surface area contributed by atoms with E-state index in [0.29, 0.717) is 18.7 Å². The van der Waals surface area contributed by atoms with E-state index in [1.807, 2.05) is 18.4 Å². The van der Waals surface area contributed by atoms with Crippen molar-refractivity contribution in [2.45, 2.75) is 33.2 Å². The lowest BCUT2D eigenvalue weighted by molar-refractivity contribution is -0.151. The first-order valence-electron chi connectivity index (χ1n) is 8.02. The van der Waals surface area contributed by atoms with Gasteiger partial charge < -0.3 is 14.0 Å². The molecular weight excluding hydrogens is 328 g/mol. The lowest BCUT2D eigenvalue weighted by Gasteiger charge is -2.12. The number of carbonyl (C=O) groups is 4. The molecule has 2 amide bonds. The average molecular weight is 350 g/mol. The zero-order chi connectivity index (χ0) is 18.6. The molecule has 1 saturated heterocycles. The second-order valence-corrected chi connectivity index (χ2v) is 5.89. The highest BCUT2D eigenvalue weighted by atomic mass is 16.5. The van der Waals surface area contributed by atoms with Gasteiger partial charge in [-0.15, -0.1) is 0 Å². The van der Waals surface area contributed by atoms with Crippen LogP contribution in [0.1, 0.15) is 34.6 Å². The van der Waals surface area contributed by atoms with Crippen LogP contribution in [0.4, 0.5) is 0 Å². The lowest BCUT2D eigenvalue weighted by Crippen LogP contribution is -2.35. The van der Waals surface area contributed by atoms with Crippen LogP contribution in [0.2, 0.25) is 0 Å². The number of imide groups is 1. The Morgan fingerprint density at radius 3 is 2.40 bits per heavy atom. The summed E-state index contributed by atoms with van der Waals surface area (Å²) in [5, 5.41) is 0. The number of hydrogen-bond acceptors (Lipinski definition) is 6. The molecule has 0 unspecified atom stereocenters. The van der Waals surface area contributed by atoms with Gasteiger partial charge in [-0.05, 0) is 19.9 Å². The molecule has 0 saturated carbocycles. The molecule has 136 valence electrons. The smallest absolute Gasteiger partial charge is 0.326 e. The van der Waals surface area contributed by atoms with Crippen LogP contribution in [0.15, 0.2) is 6.07 Å². The van der Waals surface area contributed by atoms with Crippen LogP contribution in [0.5, 0.6) is 0 Å². The third-order valence-corrected chi connectivity index (χ3v) is 4.20. The molecule has 2 rings (SSSR count). The quantitative estimate of drug-likeness (QED) is 0.388. The second-order valence-electron chi connectivity index (χ2n) is 5.89. The molecule has 0 bridgehead atoms. The summed E-state index contributed by atoms with van der Waals surface area (Å²) in [6.07, 6.45) is 0.219. The Balaban J connectivity index is 1.93. The number of esters is 1. The largest absolute Gasteiger partial charge is 0.456 e. The Labute approximate surface area is 145 Å². The molecule has 2 heterocycles. The van der Waals surface area contributed by atoms with Crippen molar-refractivity contribution >= 4 is 23.6 Å². The van der Waals surface area contributed by atoms with Crippen molar-refractivity contribution in [2.24, 2.45) is 0 Å². The first-order chi connectivity index (χ1) is 11.8. The topological polar surface area (TPSA) is 94.9 Å². The van der Waals surface area contributed by atoms with Crippen molar-refractivity contribution in [3.63, 3.8) is 0 Å². The minimum Gasteiger partial charge on any atom is -0.456 e. The first-order valence-corrected chi connectivity index (χ1v) is 8.02. The van der Waals surface area contributed by atoms with Gasteiger partial charge in [-0.3, -0.25) is 24.1 Å². The van der Waals surface area contributed by atoms with Crippen LogP contribution in [-0.4, -0.2) is 59.9 Å². The maximum Gasteiger partial charge on any atom is 0.326 e. The number of ether oxygens (including phenoxy) is 2. The minimum absolute atomic E-state index is 0.110. The van der Waals surface area contributed by atoms with Gasteiger partial charge in [-0.1, -0.05) is 0 Å². The van der Waals surface area contributed by atoms with Crippen molar-refractivity contribution in [3.8, 4) is 0 Å². The van der Waals surface area contributed by atoms with E-state index in [1.165, 1.54) is 0 Å². The predicted molar refractivity (Wildman–Crippen MR) is 87.0 cm³/mol. The summed E-state index contributed by atoms with van der Waals surface area (Å²) in [5.41, 5.74) is 2.17. The molecule has 1 fully saturated rings. The summed E-state index contributed by atoms with van der Waals surface area (Å²) in [5.74, 6) is -1.89. The third kappa shape index (κ3) is 4.33. The molecule has 25 heavy (non-hydrogen) atoms. The third-order valence-electron chi connectivity index (χ3n) is 4.20. The van der Waals surface area contributed by atoms with Crippen molar-refractivity contribution in [2.75, 3.05) is 26.9 Å². The number of likely N-dealkylation sites (tertiary alicyclic amines) is 1. The molecule has 8 nitrogen and oxygen atoms in total. The van der Waals surface area contributed by atoms with E-state index < -0.39 is 30.9 Å². The van der Waals surface area contributed by atoms with E-state index in [4.69, 9.17) is 9.47 Å². The maximum atomic E-state index is 12.3. The SMILES string of the molecule is COCCn1c(C)cc(C(=O)COC(=O)CN2C(=O)CCC2=O)c1C. The van der Waals surface area contributed by atoms with Crippen molar-refractivity contribution in [1.82, 2.24) is 9.47 Å². The predicted octanol–water partition coefficient (Wildman–Crippen LogP) is 0.626. The monoisotopic (exact) mass is 350 g/mol. The number of Topliss-reactive ketones (excluding diaryl/α,β-unsaturated/α-hetero) is 1. The van der Waals surface area contributed by atoms with Gasteiger partial charge in [0.05, 0.1) is 6.61 Å². The Bertz CT molecular complexity index is 690. The number of carbonyl (C=O) groups excluding carboxylic acids is 4. The number of rotatable bonds is 8. The first kappa shape index (κ1) is 18.9. The number of aromatic nitrogens is 1. The molecule has 1 aromatic heterocycles. The molecule has 0 N–H and O–H groups in total. The summed E-state index contributed by atoms with van der Waals surface area (Å²) in [7, 11) is 1.61. The van der Waals surface area contributed by atoms with E-state index in [-0.39, 0.29) is 18.6 Å². The normalized spacial score (nSPS) is 14.3. The highest BCUT2D eigenvalue weighted by Gasteiger charge is 2.31. The summed E-state index contributed by atoms with van der Waals surface area (Å²) in [6, 6.07) is 1.74. The second kappa shape index (κ2) is 8.06.